The minimum Gasteiger partial charge on any atom is -0.396 e. The van der Waals surface area contributed by atoms with Crippen molar-refractivity contribution in [3.63, 3.8) is 0 Å². The van der Waals surface area contributed by atoms with Gasteiger partial charge >= 0.3 is 0 Å². The Balaban J connectivity index is 3.17. The van der Waals surface area contributed by atoms with Crippen LogP contribution in [0.5, 0.6) is 0 Å². The van der Waals surface area contributed by atoms with Crippen LogP contribution < -0.4 is 0 Å². The average molecular weight is 313 g/mol. The molecule has 0 spiro atoms. The Labute approximate surface area is 141 Å². The average Bonchev–Trinajstić information content (AvgIpc) is 2.53. The summed E-state index contributed by atoms with van der Waals surface area (Å²) in [5.41, 5.74) is 0. The highest BCUT2D eigenvalue weighted by atomic mass is 16.3. The van der Waals surface area contributed by atoms with Crippen LogP contribution in [0.1, 0.15) is 117 Å². The van der Waals surface area contributed by atoms with Gasteiger partial charge in [0.1, 0.15) is 0 Å². The van der Waals surface area contributed by atoms with Crippen LogP contribution in [0.2, 0.25) is 0 Å². The zero-order valence-electron chi connectivity index (χ0n) is 15.9. The summed E-state index contributed by atoms with van der Waals surface area (Å²) in [7, 11) is 0. The van der Waals surface area contributed by atoms with Crippen LogP contribution in [-0.4, -0.2) is 11.7 Å². The lowest BCUT2D eigenvalue weighted by Gasteiger charge is -2.20. The third-order valence-electron chi connectivity index (χ3n) is 5.33. The van der Waals surface area contributed by atoms with Gasteiger partial charge in [0.05, 0.1) is 0 Å². The fraction of sp³-hybridized carbons (Fsp3) is 1.00. The van der Waals surface area contributed by atoms with Gasteiger partial charge in [0.25, 0.3) is 0 Å². The first-order valence-electron chi connectivity index (χ1n) is 10.4. The Morgan fingerprint density at radius 1 is 0.636 bits per heavy atom. The Bertz CT molecular complexity index is 198. The first kappa shape index (κ1) is 22.0. The molecular formula is C21H44O. The van der Waals surface area contributed by atoms with E-state index in [0.29, 0.717) is 18.4 Å². The molecule has 0 bridgehead atoms. The van der Waals surface area contributed by atoms with Crippen molar-refractivity contribution >= 4 is 0 Å². The molecule has 2 unspecified atom stereocenters. The Hall–Kier alpha value is -0.0400. The van der Waals surface area contributed by atoms with E-state index in [0.717, 1.165) is 6.42 Å². The molecule has 0 fully saturated rings. The summed E-state index contributed by atoms with van der Waals surface area (Å²) in [6.07, 6.45) is 21.0. The van der Waals surface area contributed by atoms with Crippen LogP contribution in [0.25, 0.3) is 0 Å². The molecule has 0 aromatic carbocycles. The lowest BCUT2D eigenvalue weighted by Crippen LogP contribution is -2.14. The van der Waals surface area contributed by atoms with Crippen molar-refractivity contribution in [1.29, 1.82) is 0 Å². The predicted molar refractivity (Wildman–Crippen MR) is 100 cm³/mol. The van der Waals surface area contributed by atoms with Gasteiger partial charge in [0, 0.05) is 6.61 Å². The molecular weight excluding hydrogens is 268 g/mol. The van der Waals surface area contributed by atoms with E-state index < -0.39 is 0 Å². The second-order valence-electron chi connectivity index (χ2n) is 7.36. The van der Waals surface area contributed by atoms with Crippen LogP contribution in [-0.2, 0) is 0 Å². The number of hydrogen-bond acceptors (Lipinski definition) is 1. The monoisotopic (exact) mass is 312 g/mol. The molecule has 0 heterocycles. The normalized spacial score (nSPS) is 14.2. The van der Waals surface area contributed by atoms with Crippen LogP contribution in [0.15, 0.2) is 0 Å². The van der Waals surface area contributed by atoms with E-state index in [1.165, 1.54) is 89.9 Å². The second-order valence-corrected chi connectivity index (χ2v) is 7.36. The molecule has 0 rings (SSSR count). The lowest BCUT2D eigenvalue weighted by atomic mass is 9.88. The topological polar surface area (TPSA) is 20.2 Å². The molecule has 0 aromatic rings. The van der Waals surface area contributed by atoms with Gasteiger partial charge in [0.15, 0.2) is 0 Å². The Kier molecular flexibility index (Phi) is 17.3. The lowest BCUT2D eigenvalue weighted by molar-refractivity contribution is 0.171. The highest BCUT2D eigenvalue weighted by Crippen LogP contribution is 2.21. The fourth-order valence-corrected chi connectivity index (χ4v) is 3.43. The second kappa shape index (κ2) is 17.3. The molecule has 1 nitrogen and oxygen atoms in total. The highest BCUT2D eigenvalue weighted by Gasteiger charge is 2.13. The smallest absolute Gasteiger partial charge is 0.0461 e. The standard InChI is InChI=1S/C21H44O/c1-4-6-7-8-9-10-11-12-13-14-15-16-17-18-20(3)21(5-2)19-22/h20-22H,4-19H2,1-3H3. The molecule has 1 N–H and O–H groups in total. The SMILES string of the molecule is CCCCCCCCCCCCCCCC(C)C(CC)CO. The van der Waals surface area contributed by atoms with E-state index >= 15 is 0 Å². The van der Waals surface area contributed by atoms with E-state index in [1.54, 1.807) is 0 Å². The molecule has 0 radical (unpaired) electrons. The van der Waals surface area contributed by atoms with Gasteiger partial charge in [-0.1, -0.05) is 117 Å². The van der Waals surface area contributed by atoms with Gasteiger partial charge in [0.2, 0.25) is 0 Å². The van der Waals surface area contributed by atoms with Crippen LogP contribution in [0.3, 0.4) is 0 Å². The summed E-state index contributed by atoms with van der Waals surface area (Å²) in [6, 6.07) is 0. The van der Waals surface area contributed by atoms with Crippen LogP contribution >= 0.6 is 0 Å². The molecule has 0 saturated heterocycles. The van der Waals surface area contributed by atoms with Crippen molar-refractivity contribution < 1.29 is 5.11 Å². The van der Waals surface area contributed by atoms with Gasteiger partial charge in [-0.25, -0.2) is 0 Å². The third-order valence-corrected chi connectivity index (χ3v) is 5.33. The summed E-state index contributed by atoms with van der Waals surface area (Å²) < 4.78 is 0. The summed E-state index contributed by atoms with van der Waals surface area (Å²) >= 11 is 0. The van der Waals surface area contributed by atoms with Crippen molar-refractivity contribution in [3.8, 4) is 0 Å². The van der Waals surface area contributed by atoms with Crippen molar-refractivity contribution in [2.24, 2.45) is 11.8 Å². The molecule has 0 aliphatic rings. The van der Waals surface area contributed by atoms with Gasteiger partial charge in [-0.05, 0) is 11.8 Å². The largest absolute Gasteiger partial charge is 0.396 e. The Morgan fingerprint density at radius 2 is 1.05 bits per heavy atom. The molecule has 1 heteroatoms. The third kappa shape index (κ3) is 13.6. The molecule has 134 valence electrons. The number of aliphatic hydroxyl groups is 1. The molecule has 0 aromatic heterocycles. The summed E-state index contributed by atoms with van der Waals surface area (Å²) in [5.74, 6) is 1.22. The number of rotatable bonds is 17. The molecule has 22 heavy (non-hydrogen) atoms. The van der Waals surface area contributed by atoms with E-state index in [9.17, 15) is 5.11 Å². The van der Waals surface area contributed by atoms with Crippen molar-refractivity contribution in [3.05, 3.63) is 0 Å². The van der Waals surface area contributed by atoms with Crippen molar-refractivity contribution in [2.45, 2.75) is 117 Å². The zero-order chi connectivity index (χ0) is 16.5. The summed E-state index contributed by atoms with van der Waals surface area (Å²) in [4.78, 5) is 0. The maximum absolute atomic E-state index is 9.30. The fourth-order valence-electron chi connectivity index (χ4n) is 3.43. The summed E-state index contributed by atoms with van der Waals surface area (Å²) in [5, 5.41) is 9.30. The number of unbranched alkanes of at least 4 members (excludes halogenated alkanes) is 12. The van der Waals surface area contributed by atoms with E-state index in [2.05, 4.69) is 20.8 Å². The maximum atomic E-state index is 9.30. The van der Waals surface area contributed by atoms with Crippen LogP contribution in [0.4, 0.5) is 0 Å². The molecule has 0 aliphatic heterocycles. The summed E-state index contributed by atoms with van der Waals surface area (Å²) in [6.45, 7) is 7.16. The minimum absolute atomic E-state index is 0.371. The minimum atomic E-state index is 0.371. The van der Waals surface area contributed by atoms with Gasteiger partial charge < -0.3 is 5.11 Å². The Morgan fingerprint density at radius 3 is 1.41 bits per heavy atom. The maximum Gasteiger partial charge on any atom is 0.0461 e. The molecule has 0 aliphatic carbocycles. The molecule has 2 atom stereocenters. The first-order chi connectivity index (χ1) is 10.8. The highest BCUT2D eigenvalue weighted by molar-refractivity contribution is 4.64. The predicted octanol–water partition coefficient (Wildman–Crippen LogP) is 7.12. The zero-order valence-corrected chi connectivity index (χ0v) is 15.9. The van der Waals surface area contributed by atoms with E-state index in [-0.39, 0.29) is 0 Å². The quantitative estimate of drug-likeness (QED) is 0.283. The van der Waals surface area contributed by atoms with Crippen molar-refractivity contribution in [2.75, 3.05) is 6.61 Å². The number of aliphatic hydroxyl groups excluding tert-OH is 1. The first-order valence-corrected chi connectivity index (χ1v) is 10.4. The van der Waals surface area contributed by atoms with E-state index in [1.807, 2.05) is 0 Å². The van der Waals surface area contributed by atoms with Gasteiger partial charge in [-0.15, -0.1) is 0 Å². The van der Waals surface area contributed by atoms with Gasteiger partial charge in [-0.3, -0.25) is 0 Å². The van der Waals surface area contributed by atoms with Crippen LogP contribution in [0, 0.1) is 11.8 Å². The molecule has 0 amide bonds. The van der Waals surface area contributed by atoms with E-state index in [4.69, 9.17) is 0 Å². The number of hydrogen-bond donors (Lipinski definition) is 1. The van der Waals surface area contributed by atoms with Gasteiger partial charge in [-0.2, -0.15) is 0 Å². The molecule has 0 saturated carbocycles. The van der Waals surface area contributed by atoms with Crippen molar-refractivity contribution in [1.82, 2.24) is 0 Å².